The zero-order valence-electron chi connectivity index (χ0n) is 9.46. The first-order valence-corrected chi connectivity index (χ1v) is 5.99. The standard InChI is InChI=1S/C11H15F2N3O/c12-11(13)3-1-2-7(6-11)8-15-9(17-16-8)10(14)4-5-10/h7H,1-6,14H2. The van der Waals surface area contributed by atoms with Crippen LogP contribution in [0.5, 0.6) is 0 Å². The van der Waals surface area contributed by atoms with Crippen molar-refractivity contribution in [2.24, 2.45) is 5.73 Å². The summed E-state index contributed by atoms with van der Waals surface area (Å²) in [6.07, 6.45) is 2.66. The highest BCUT2D eigenvalue weighted by Gasteiger charge is 2.46. The molecule has 1 aromatic heterocycles. The van der Waals surface area contributed by atoms with E-state index in [9.17, 15) is 8.78 Å². The number of hydrogen-bond acceptors (Lipinski definition) is 4. The highest BCUT2D eigenvalue weighted by molar-refractivity contribution is 5.13. The maximum absolute atomic E-state index is 13.3. The molecule has 6 heteroatoms. The van der Waals surface area contributed by atoms with Crippen molar-refractivity contribution in [2.45, 2.75) is 55.9 Å². The zero-order valence-corrected chi connectivity index (χ0v) is 9.46. The Bertz CT molecular complexity index is 428. The molecule has 2 fully saturated rings. The first-order chi connectivity index (χ1) is 7.99. The van der Waals surface area contributed by atoms with Gasteiger partial charge in [0.1, 0.15) is 0 Å². The van der Waals surface area contributed by atoms with Gasteiger partial charge in [0, 0.05) is 18.8 Å². The molecule has 1 aromatic rings. The molecule has 0 spiro atoms. The number of nitrogens with two attached hydrogens (primary N) is 1. The van der Waals surface area contributed by atoms with Gasteiger partial charge in [0.05, 0.1) is 5.54 Å². The largest absolute Gasteiger partial charge is 0.337 e. The van der Waals surface area contributed by atoms with Gasteiger partial charge < -0.3 is 10.3 Å². The van der Waals surface area contributed by atoms with Crippen LogP contribution in [0.3, 0.4) is 0 Å². The van der Waals surface area contributed by atoms with Crippen LogP contribution in [0, 0.1) is 0 Å². The molecular formula is C11H15F2N3O. The monoisotopic (exact) mass is 243 g/mol. The summed E-state index contributed by atoms with van der Waals surface area (Å²) < 4.78 is 31.6. The van der Waals surface area contributed by atoms with E-state index in [4.69, 9.17) is 10.3 Å². The van der Waals surface area contributed by atoms with E-state index >= 15 is 0 Å². The summed E-state index contributed by atoms with van der Waals surface area (Å²) >= 11 is 0. The quantitative estimate of drug-likeness (QED) is 0.865. The van der Waals surface area contributed by atoms with E-state index in [1.165, 1.54) is 0 Å². The number of halogens is 2. The van der Waals surface area contributed by atoms with Crippen molar-refractivity contribution in [1.82, 2.24) is 10.1 Å². The van der Waals surface area contributed by atoms with Crippen LogP contribution >= 0.6 is 0 Å². The van der Waals surface area contributed by atoms with E-state index in [0.717, 1.165) is 12.8 Å². The van der Waals surface area contributed by atoms with Crippen LogP contribution in [0.2, 0.25) is 0 Å². The maximum atomic E-state index is 13.3. The lowest BCUT2D eigenvalue weighted by Crippen LogP contribution is -2.25. The molecule has 0 aliphatic heterocycles. The Kier molecular flexibility index (Phi) is 2.26. The average Bonchev–Trinajstić information content (AvgIpc) is 2.81. The van der Waals surface area contributed by atoms with Crippen molar-refractivity contribution in [3.8, 4) is 0 Å². The van der Waals surface area contributed by atoms with Crippen molar-refractivity contribution in [1.29, 1.82) is 0 Å². The van der Waals surface area contributed by atoms with Crippen molar-refractivity contribution >= 4 is 0 Å². The minimum absolute atomic E-state index is 0.0327. The fourth-order valence-corrected chi connectivity index (χ4v) is 2.34. The fourth-order valence-electron chi connectivity index (χ4n) is 2.34. The summed E-state index contributed by atoms with van der Waals surface area (Å²) in [4.78, 5) is 4.20. The van der Waals surface area contributed by atoms with Crippen molar-refractivity contribution < 1.29 is 13.3 Å². The minimum Gasteiger partial charge on any atom is -0.337 e. The Morgan fingerprint density at radius 1 is 1.29 bits per heavy atom. The van der Waals surface area contributed by atoms with E-state index in [1.807, 2.05) is 0 Å². The molecule has 0 bridgehead atoms. The molecule has 1 atom stereocenters. The zero-order chi connectivity index (χ0) is 12.1. The summed E-state index contributed by atoms with van der Waals surface area (Å²) in [5, 5.41) is 3.81. The molecule has 2 aliphatic carbocycles. The lowest BCUT2D eigenvalue weighted by atomic mass is 9.86. The van der Waals surface area contributed by atoms with Crippen LogP contribution in [0.1, 0.15) is 56.2 Å². The Morgan fingerprint density at radius 2 is 2.06 bits per heavy atom. The highest BCUT2D eigenvalue weighted by atomic mass is 19.3. The third-order valence-corrected chi connectivity index (χ3v) is 3.66. The Balaban J connectivity index is 1.77. The van der Waals surface area contributed by atoms with Crippen LogP contribution < -0.4 is 5.73 Å². The summed E-state index contributed by atoms with van der Waals surface area (Å²) in [6.45, 7) is 0. The van der Waals surface area contributed by atoms with E-state index < -0.39 is 11.5 Å². The second-order valence-electron chi connectivity index (χ2n) is 5.26. The molecule has 2 N–H and O–H groups in total. The second kappa shape index (κ2) is 3.48. The third kappa shape index (κ3) is 2.06. The molecule has 0 amide bonds. The van der Waals surface area contributed by atoms with E-state index in [2.05, 4.69) is 10.1 Å². The smallest absolute Gasteiger partial charge is 0.248 e. The van der Waals surface area contributed by atoms with Gasteiger partial charge in [-0.3, -0.25) is 0 Å². The third-order valence-electron chi connectivity index (χ3n) is 3.66. The molecule has 0 saturated heterocycles. The van der Waals surface area contributed by atoms with Crippen LogP contribution in [-0.4, -0.2) is 16.1 Å². The van der Waals surface area contributed by atoms with Crippen molar-refractivity contribution in [3.05, 3.63) is 11.7 Å². The maximum Gasteiger partial charge on any atom is 0.248 e. The second-order valence-corrected chi connectivity index (χ2v) is 5.26. The Hall–Kier alpha value is -1.04. The molecule has 2 saturated carbocycles. The molecule has 4 nitrogen and oxygen atoms in total. The number of aromatic nitrogens is 2. The van der Waals surface area contributed by atoms with E-state index in [0.29, 0.717) is 24.6 Å². The van der Waals surface area contributed by atoms with Crippen LogP contribution in [0.4, 0.5) is 8.78 Å². The van der Waals surface area contributed by atoms with Gasteiger partial charge in [-0.05, 0) is 25.7 Å². The lowest BCUT2D eigenvalue weighted by molar-refractivity contribution is -0.0418. The van der Waals surface area contributed by atoms with Gasteiger partial charge in [-0.2, -0.15) is 4.98 Å². The Morgan fingerprint density at radius 3 is 2.71 bits per heavy atom. The average molecular weight is 243 g/mol. The molecule has 94 valence electrons. The molecule has 0 radical (unpaired) electrons. The van der Waals surface area contributed by atoms with Gasteiger partial charge in [-0.25, -0.2) is 8.78 Å². The molecule has 1 unspecified atom stereocenters. The summed E-state index contributed by atoms with van der Waals surface area (Å²) in [7, 11) is 0. The lowest BCUT2D eigenvalue weighted by Gasteiger charge is -2.26. The number of rotatable bonds is 2. The van der Waals surface area contributed by atoms with Gasteiger partial charge in [0.25, 0.3) is 0 Å². The molecule has 1 heterocycles. The first-order valence-electron chi connectivity index (χ1n) is 5.99. The summed E-state index contributed by atoms with van der Waals surface area (Å²) in [5.41, 5.74) is 5.44. The van der Waals surface area contributed by atoms with Gasteiger partial charge in [-0.1, -0.05) is 5.16 Å². The molecule has 3 rings (SSSR count). The van der Waals surface area contributed by atoms with E-state index in [-0.39, 0.29) is 18.8 Å². The normalized spacial score (nSPS) is 30.2. The van der Waals surface area contributed by atoms with Crippen LogP contribution in [0.25, 0.3) is 0 Å². The van der Waals surface area contributed by atoms with Gasteiger partial charge in [-0.15, -0.1) is 0 Å². The number of hydrogen-bond donors (Lipinski definition) is 1. The molecular weight excluding hydrogens is 228 g/mol. The summed E-state index contributed by atoms with van der Waals surface area (Å²) in [5.74, 6) is -2.08. The van der Waals surface area contributed by atoms with Crippen molar-refractivity contribution in [2.75, 3.05) is 0 Å². The van der Waals surface area contributed by atoms with Gasteiger partial charge >= 0.3 is 0 Å². The fraction of sp³-hybridized carbons (Fsp3) is 0.818. The number of nitrogens with zero attached hydrogens (tertiary/aromatic N) is 2. The van der Waals surface area contributed by atoms with Crippen molar-refractivity contribution in [3.63, 3.8) is 0 Å². The molecule has 0 aromatic carbocycles. The Labute approximate surface area is 97.6 Å². The summed E-state index contributed by atoms with van der Waals surface area (Å²) in [6, 6.07) is 0. The SMILES string of the molecule is NC1(c2nc(C3CCCC(F)(F)C3)no2)CC1. The van der Waals surface area contributed by atoms with Crippen LogP contribution in [-0.2, 0) is 5.54 Å². The molecule has 2 aliphatic rings. The van der Waals surface area contributed by atoms with Gasteiger partial charge in [0.2, 0.25) is 11.8 Å². The number of alkyl halides is 2. The predicted octanol–water partition coefficient (Wildman–Crippen LogP) is 2.31. The van der Waals surface area contributed by atoms with Gasteiger partial charge in [0.15, 0.2) is 5.82 Å². The minimum atomic E-state index is -2.59. The topological polar surface area (TPSA) is 64.9 Å². The molecule has 17 heavy (non-hydrogen) atoms. The highest BCUT2D eigenvalue weighted by Crippen LogP contribution is 2.44. The predicted molar refractivity (Wildman–Crippen MR) is 55.6 cm³/mol. The van der Waals surface area contributed by atoms with E-state index in [1.54, 1.807) is 0 Å². The van der Waals surface area contributed by atoms with Crippen LogP contribution in [0.15, 0.2) is 4.52 Å². The first kappa shape index (κ1) is 11.1.